The second-order valence-electron chi connectivity index (χ2n) is 5.41. The highest BCUT2D eigenvalue weighted by Gasteiger charge is 2.19. The lowest BCUT2D eigenvalue weighted by molar-refractivity contribution is -0.156. The first-order chi connectivity index (χ1) is 13.0. The summed E-state index contributed by atoms with van der Waals surface area (Å²) in [6.45, 7) is 1.02. The Hall–Kier alpha value is -3.55. The molecule has 0 aliphatic heterocycles. The molecule has 2 amide bonds. The Kier molecular flexibility index (Phi) is 7.18. The van der Waals surface area contributed by atoms with Crippen LogP contribution in [0.1, 0.15) is 17.3 Å². The Balaban J connectivity index is 1.72. The van der Waals surface area contributed by atoms with Crippen LogP contribution in [0.4, 0.5) is 0 Å². The molecule has 0 aliphatic rings. The van der Waals surface area contributed by atoms with E-state index in [1.807, 2.05) is 0 Å². The van der Waals surface area contributed by atoms with Crippen LogP contribution in [0.3, 0.4) is 0 Å². The number of carbonyl (C=O) groups excluding carboxylic acids is 3. The maximum absolute atomic E-state index is 11.9. The first-order valence-corrected chi connectivity index (χ1v) is 8.11. The summed E-state index contributed by atoms with van der Waals surface area (Å²) in [5.74, 6) is -0.752. The van der Waals surface area contributed by atoms with Crippen molar-refractivity contribution in [2.45, 2.75) is 13.0 Å². The number of amides is 2. The number of hydrogen-bond acceptors (Lipinski definition) is 6. The van der Waals surface area contributed by atoms with Gasteiger partial charge in [0.15, 0.2) is 12.7 Å². The minimum absolute atomic E-state index is 0.361. The molecular formula is C19H20N2O6. The fourth-order valence-corrected chi connectivity index (χ4v) is 1.98. The van der Waals surface area contributed by atoms with E-state index in [0.717, 1.165) is 0 Å². The van der Waals surface area contributed by atoms with Crippen molar-refractivity contribution in [3.8, 4) is 11.5 Å². The molecule has 1 atom stereocenters. The average Bonchev–Trinajstić information content (AvgIpc) is 2.71. The van der Waals surface area contributed by atoms with E-state index in [1.165, 1.54) is 6.92 Å². The van der Waals surface area contributed by atoms with E-state index in [9.17, 15) is 14.4 Å². The minimum Gasteiger partial charge on any atom is -0.497 e. The predicted octanol–water partition coefficient (Wildman–Crippen LogP) is 1.47. The molecule has 0 heterocycles. The highest BCUT2D eigenvalue weighted by atomic mass is 16.6. The van der Waals surface area contributed by atoms with E-state index in [-0.39, 0.29) is 6.61 Å². The van der Waals surface area contributed by atoms with Crippen molar-refractivity contribution in [2.75, 3.05) is 13.7 Å². The SMILES string of the molecule is COc1ccc(OCC(=O)O[C@H](C)C(=O)NNC(=O)c2ccccc2)cc1. The van der Waals surface area contributed by atoms with Crippen molar-refractivity contribution in [2.24, 2.45) is 0 Å². The minimum atomic E-state index is -1.10. The van der Waals surface area contributed by atoms with Gasteiger partial charge in [0.1, 0.15) is 11.5 Å². The molecule has 8 nitrogen and oxygen atoms in total. The highest BCUT2D eigenvalue weighted by Crippen LogP contribution is 2.16. The zero-order chi connectivity index (χ0) is 19.6. The molecule has 0 saturated carbocycles. The van der Waals surface area contributed by atoms with Crippen molar-refractivity contribution in [1.29, 1.82) is 0 Å². The second kappa shape index (κ2) is 9.81. The quantitative estimate of drug-likeness (QED) is 0.564. The van der Waals surface area contributed by atoms with E-state index in [2.05, 4.69) is 10.9 Å². The Labute approximate surface area is 156 Å². The van der Waals surface area contributed by atoms with E-state index in [4.69, 9.17) is 14.2 Å². The molecule has 0 radical (unpaired) electrons. The third-order valence-electron chi connectivity index (χ3n) is 3.43. The first kappa shape index (κ1) is 19.8. The lowest BCUT2D eigenvalue weighted by Gasteiger charge is -2.14. The van der Waals surface area contributed by atoms with Crippen LogP contribution in [0.2, 0.25) is 0 Å². The van der Waals surface area contributed by atoms with Crippen molar-refractivity contribution >= 4 is 17.8 Å². The first-order valence-electron chi connectivity index (χ1n) is 8.11. The van der Waals surface area contributed by atoms with Crippen LogP contribution in [-0.4, -0.2) is 37.6 Å². The largest absolute Gasteiger partial charge is 0.497 e. The molecular weight excluding hydrogens is 352 g/mol. The smallest absolute Gasteiger partial charge is 0.344 e. The van der Waals surface area contributed by atoms with Gasteiger partial charge in [0.25, 0.3) is 11.8 Å². The van der Waals surface area contributed by atoms with E-state index in [0.29, 0.717) is 17.1 Å². The van der Waals surface area contributed by atoms with Gasteiger partial charge in [0, 0.05) is 5.56 Å². The summed E-state index contributed by atoms with van der Waals surface area (Å²) >= 11 is 0. The summed E-state index contributed by atoms with van der Waals surface area (Å²) in [5.41, 5.74) is 4.84. The molecule has 2 aromatic carbocycles. The van der Waals surface area contributed by atoms with Crippen LogP contribution >= 0.6 is 0 Å². The molecule has 8 heteroatoms. The van der Waals surface area contributed by atoms with Crippen LogP contribution in [0.5, 0.6) is 11.5 Å². The molecule has 0 spiro atoms. The Morgan fingerprint density at radius 2 is 1.56 bits per heavy atom. The summed E-state index contributed by atoms with van der Waals surface area (Å²) in [6, 6.07) is 15.0. The topological polar surface area (TPSA) is 103 Å². The third kappa shape index (κ3) is 6.35. The number of hydrogen-bond donors (Lipinski definition) is 2. The molecule has 2 aromatic rings. The standard InChI is InChI=1S/C19H20N2O6/c1-13(18(23)20-21-19(24)14-6-4-3-5-7-14)27-17(22)12-26-16-10-8-15(25-2)9-11-16/h3-11,13H,12H2,1-2H3,(H,20,23)(H,21,24)/t13-/m1/s1. The van der Waals surface area contributed by atoms with Crippen LogP contribution in [0.15, 0.2) is 54.6 Å². The molecule has 0 aliphatic carbocycles. The summed E-state index contributed by atoms with van der Waals surface area (Å²) in [4.78, 5) is 35.5. The third-order valence-corrected chi connectivity index (χ3v) is 3.43. The van der Waals surface area contributed by atoms with Gasteiger partial charge in [-0.15, -0.1) is 0 Å². The zero-order valence-electron chi connectivity index (χ0n) is 14.9. The van der Waals surface area contributed by atoms with Crippen LogP contribution in [0, 0.1) is 0 Å². The summed E-state index contributed by atoms with van der Waals surface area (Å²) in [7, 11) is 1.54. The Morgan fingerprint density at radius 1 is 0.926 bits per heavy atom. The summed E-state index contributed by atoms with van der Waals surface area (Å²) < 4.78 is 15.3. The number of rotatable bonds is 7. The molecule has 0 saturated heterocycles. The van der Waals surface area contributed by atoms with Gasteiger partial charge in [-0.25, -0.2) is 4.79 Å². The molecule has 2 N–H and O–H groups in total. The average molecular weight is 372 g/mol. The van der Waals surface area contributed by atoms with Crippen LogP contribution in [-0.2, 0) is 14.3 Å². The fraction of sp³-hybridized carbons (Fsp3) is 0.211. The number of carbonyl (C=O) groups is 3. The lowest BCUT2D eigenvalue weighted by Crippen LogP contribution is -2.47. The molecule has 0 bridgehead atoms. The Bertz CT molecular complexity index is 777. The van der Waals surface area contributed by atoms with Crippen LogP contribution in [0.25, 0.3) is 0 Å². The molecule has 0 aromatic heterocycles. The monoisotopic (exact) mass is 372 g/mol. The van der Waals surface area contributed by atoms with E-state index >= 15 is 0 Å². The normalized spacial score (nSPS) is 11.0. The Morgan fingerprint density at radius 3 is 2.19 bits per heavy atom. The van der Waals surface area contributed by atoms with E-state index < -0.39 is 23.9 Å². The highest BCUT2D eigenvalue weighted by molar-refractivity contribution is 5.95. The number of benzene rings is 2. The van der Waals surface area contributed by atoms with Gasteiger partial charge < -0.3 is 14.2 Å². The number of esters is 1. The van der Waals surface area contributed by atoms with Crippen molar-refractivity contribution in [3.05, 3.63) is 60.2 Å². The van der Waals surface area contributed by atoms with Crippen molar-refractivity contribution in [1.82, 2.24) is 10.9 Å². The molecule has 2 rings (SSSR count). The fourth-order valence-electron chi connectivity index (χ4n) is 1.98. The summed E-state index contributed by atoms with van der Waals surface area (Å²) in [5, 5.41) is 0. The molecule has 142 valence electrons. The number of hydrazine groups is 1. The maximum atomic E-state index is 11.9. The maximum Gasteiger partial charge on any atom is 0.344 e. The predicted molar refractivity (Wildman–Crippen MR) is 96.1 cm³/mol. The molecule has 0 fully saturated rings. The number of nitrogens with one attached hydrogen (secondary N) is 2. The molecule has 0 unspecified atom stereocenters. The number of ether oxygens (including phenoxy) is 3. The van der Waals surface area contributed by atoms with Gasteiger partial charge in [-0.3, -0.25) is 20.4 Å². The van der Waals surface area contributed by atoms with Gasteiger partial charge in [-0.05, 0) is 43.3 Å². The van der Waals surface area contributed by atoms with Crippen molar-refractivity contribution in [3.63, 3.8) is 0 Å². The van der Waals surface area contributed by atoms with Gasteiger partial charge in [-0.1, -0.05) is 18.2 Å². The summed E-state index contributed by atoms with van der Waals surface area (Å²) in [6.07, 6.45) is -1.10. The van der Waals surface area contributed by atoms with Gasteiger partial charge in [-0.2, -0.15) is 0 Å². The van der Waals surface area contributed by atoms with Gasteiger partial charge in [0.05, 0.1) is 7.11 Å². The van der Waals surface area contributed by atoms with Gasteiger partial charge in [0.2, 0.25) is 0 Å². The van der Waals surface area contributed by atoms with Crippen molar-refractivity contribution < 1.29 is 28.6 Å². The lowest BCUT2D eigenvalue weighted by atomic mass is 10.2. The zero-order valence-corrected chi connectivity index (χ0v) is 14.9. The van der Waals surface area contributed by atoms with Crippen LogP contribution < -0.4 is 20.3 Å². The van der Waals surface area contributed by atoms with Gasteiger partial charge >= 0.3 is 5.97 Å². The second-order valence-corrected chi connectivity index (χ2v) is 5.41. The van der Waals surface area contributed by atoms with E-state index in [1.54, 1.807) is 61.7 Å². The molecule has 27 heavy (non-hydrogen) atoms. The number of methoxy groups -OCH3 is 1.